The van der Waals surface area contributed by atoms with E-state index in [4.69, 9.17) is 0 Å². The molecule has 1 aromatic heterocycles. The van der Waals surface area contributed by atoms with Crippen LogP contribution in [0.2, 0.25) is 0 Å². The van der Waals surface area contributed by atoms with Crippen LogP contribution in [0.5, 0.6) is 0 Å². The van der Waals surface area contributed by atoms with E-state index in [1.54, 1.807) is 35.9 Å². The van der Waals surface area contributed by atoms with Crippen LogP contribution in [0.15, 0.2) is 52.3 Å². The van der Waals surface area contributed by atoms with Crippen LogP contribution in [0.3, 0.4) is 0 Å². The summed E-state index contributed by atoms with van der Waals surface area (Å²) >= 11 is 0. The molecule has 140 valence electrons. The molecule has 0 aliphatic rings. The fraction of sp³-hybridized carbons (Fsp3) is 0.400. The number of nitrogens with one attached hydrogen (secondary N) is 2. The van der Waals surface area contributed by atoms with Crippen LogP contribution < -0.4 is 16.2 Å². The van der Waals surface area contributed by atoms with E-state index in [0.717, 1.165) is 56.1 Å². The Morgan fingerprint density at radius 2 is 1.81 bits per heavy atom. The van der Waals surface area contributed by atoms with E-state index in [9.17, 15) is 9.18 Å². The van der Waals surface area contributed by atoms with Crippen LogP contribution in [0, 0.1) is 12.7 Å². The summed E-state index contributed by atoms with van der Waals surface area (Å²) in [5.74, 6) is 0.535. The quantitative estimate of drug-likeness (QED) is 0.433. The molecule has 5 nitrogen and oxygen atoms in total. The third-order valence-electron chi connectivity index (χ3n) is 4.21. The van der Waals surface area contributed by atoms with E-state index in [1.165, 1.54) is 12.1 Å². The number of halogens is 1. The van der Waals surface area contributed by atoms with Gasteiger partial charge in [-0.2, -0.15) is 0 Å². The minimum atomic E-state index is -0.216. The SMILES string of the molecule is CN=C(NCCCCn1c(C)cccc1=O)NCCc1ccc(F)cc1. The monoisotopic (exact) mass is 358 g/mol. The molecule has 0 aliphatic carbocycles. The molecule has 2 rings (SSSR count). The van der Waals surface area contributed by atoms with Crippen molar-refractivity contribution in [2.75, 3.05) is 20.1 Å². The maximum Gasteiger partial charge on any atom is 0.250 e. The third kappa shape index (κ3) is 6.35. The molecule has 6 heteroatoms. The predicted molar refractivity (Wildman–Crippen MR) is 104 cm³/mol. The Bertz CT molecular complexity index is 768. The average Bonchev–Trinajstić information content (AvgIpc) is 2.63. The van der Waals surface area contributed by atoms with E-state index in [0.29, 0.717) is 0 Å². The van der Waals surface area contributed by atoms with Crippen LogP contribution in [0.1, 0.15) is 24.1 Å². The molecule has 1 heterocycles. The summed E-state index contributed by atoms with van der Waals surface area (Å²) in [7, 11) is 1.74. The van der Waals surface area contributed by atoms with Gasteiger partial charge in [-0.1, -0.05) is 18.2 Å². The zero-order valence-corrected chi connectivity index (χ0v) is 15.5. The van der Waals surface area contributed by atoms with E-state index < -0.39 is 0 Å². The first-order valence-electron chi connectivity index (χ1n) is 8.95. The van der Waals surface area contributed by atoms with Gasteiger partial charge in [-0.15, -0.1) is 0 Å². The number of benzene rings is 1. The second-order valence-electron chi connectivity index (χ2n) is 6.17. The molecular weight excluding hydrogens is 331 g/mol. The van der Waals surface area contributed by atoms with Gasteiger partial charge in [0.15, 0.2) is 5.96 Å². The summed E-state index contributed by atoms with van der Waals surface area (Å²) in [4.78, 5) is 16.0. The van der Waals surface area contributed by atoms with Gasteiger partial charge in [0.1, 0.15) is 5.82 Å². The first kappa shape index (κ1) is 19.7. The predicted octanol–water partition coefficient (Wildman–Crippen LogP) is 2.48. The minimum absolute atomic E-state index is 0.0521. The number of aliphatic imine (C=N–C) groups is 1. The number of aromatic nitrogens is 1. The highest BCUT2D eigenvalue weighted by Gasteiger charge is 2.01. The fourth-order valence-corrected chi connectivity index (χ4v) is 2.71. The summed E-state index contributed by atoms with van der Waals surface area (Å²) in [6, 6.07) is 11.9. The molecule has 0 aliphatic heterocycles. The van der Waals surface area contributed by atoms with Crippen molar-refractivity contribution < 1.29 is 4.39 Å². The van der Waals surface area contributed by atoms with Crippen molar-refractivity contribution in [3.63, 3.8) is 0 Å². The Kier molecular flexibility index (Phi) is 7.86. The highest BCUT2D eigenvalue weighted by atomic mass is 19.1. The zero-order chi connectivity index (χ0) is 18.8. The van der Waals surface area contributed by atoms with E-state index in [1.807, 2.05) is 13.0 Å². The minimum Gasteiger partial charge on any atom is -0.356 e. The molecule has 0 fully saturated rings. The lowest BCUT2D eigenvalue weighted by Crippen LogP contribution is -2.38. The van der Waals surface area contributed by atoms with Gasteiger partial charge in [0.05, 0.1) is 0 Å². The molecule has 26 heavy (non-hydrogen) atoms. The first-order valence-corrected chi connectivity index (χ1v) is 8.95. The Morgan fingerprint density at radius 1 is 1.08 bits per heavy atom. The van der Waals surface area contributed by atoms with Crippen LogP contribution in [-0.2, 0) is 13.0 Å². The Morgan fingerprint density at radius 3 is 2.50 bits per heavy atom. The number of hydrogen-bond acceptors (Lipinski definition) is 2. The normalized spacial score (nSPS) is 11.4. The van der Waals surface area contributed by atoms with Crippen LogP contribution in [-0.4, -0.2) is 30.7 Å². The maximum absolute atomic E-state index is 12.9. The third-order valence-corrected chi connectivity index (χ3v) is 4.21. The van der Waals surface area contributed by atoms with Gasteiger partial charge in [0.25, 0.3) is 5.56 Å². The summed E-state index contributed by atoms with van der Waals surface area (Å²) in [6.07, 6.45) is 2.67. The highest BCUT2D eigenvalue weighted by Crippen LogP contribution is 2.02. The second kappa shape index (κ2) is 10.4. The zero-order valence-electron chi connectivity index (χ0n) is 15.5. The number of guanidine groups is 1. The summed E-state index contributed by atoms with van der Waals surface area (Å²) in [6.45, 7) is 4.19. The van der Waals surface area contributed by atoms with Gasteiger partial charge in [-0.05, 0) is 49.9 Å². The Hall–Kier alpha value is -2.63. The van der Waals surface area contributed by atoms with E-state index in [-0.39, 0.29) is 11.4 Å². The smallest absolute Gasteiger partial charge is 0.250 e. The van der Waals surface area contributed by atoms with Gasteiger partial charge in [0, 0.05) is 38.4 Å². The number of aryl methyl sites for hydroxylation is 1. The second-order valence-corrected chi connectivity index (χ2v) is 6.17. The largest absolute Gasteiger partial charge is 0.356 e. The highest BCUT2D eigenvalue weighted by molar-refractivity contribution is 5.79. The molecule has 0 unspecified atom stereocenters. The van der Waals surface area contributed by atoms with Crippen molar-refractivity contribution in [3.05, 3.63) is 69.9 Å². The summed E-state index contributed by atoms with van der Waals surface area (Å²) in [5.41, 5.74) is 2.12. The van der Waals surface area contributed by atoms with Crippen LogP contribution in [0.4, 0.5) is 4.39 Å². The summed E-state index contributed by atoms with van der Waals surface area (Å²) in [5, 5.41) is 6.52. The molecule has 0 amide bonds. The lowest BCUT2D eigenvalue weighted by molar-refractivity contribution is 0.575. The first-order chi connectivity index (χ1) is 12.6. The number of nitrogens with zero attached hydrogens (tertiary/aromatic N) is 2. The number of unbranched alkanes of at least 4 members (excludes halogenated alkanes) is 1. The molecule has 2 aromatic rings. The molecule has 2 N–H and O–H groups in total. The molecule has 1 aromatic carbocycles. The molecule has 0 saturated heterocycles. The molecule has 0 spiro atoms. The van der Waals surface area contributed by atoms with Crippen molar-refractivity contribution in [1.29, 1.82) is 0 Å². The molecule has 0 radical (unpaired) electrons. The van der Waals surface area contributed by atoms with Crippen molar-refractivity contribution in [2.45, 2.75) is 32.7 Å². The van der Waals surface area contributed by atoms with E-state index >= 15 is 0 Å². The van der Waals surface area contributed by atoms with Crippen LogP contribution >= 0.6 is 0 Å². The van der Waals surface area contributed by atoms with Crippen molar-refractivity contribution in [1.82, 2.24) is 15.2 Å². The molecule has 0 bridgehead atoms. The average molecular weight is 358 g/mol. The van der Waals surface area contributed by atoms with Gasteiger partial charge >= 0.3 is 0 Å². The molecule has 0 atom stereocenters. The standard InChI is InChI=1S/C20H27FN4O/c1-16-6-5-7-19(26)25(16)15-4-3-13-23-20(22-2)24-14-12-17-8-10-18(21)11-9-17/h5-11H,3-4,12-15H2,1-2H3,(H2,22,23,24). The van der Waals surface area contributed by atoms with Crippen molar-refractivity contribution in [3.8, 4) is 0 Å². The topological polar surface area (TPSA) is 58.4 Å². The van der Waals surface area contributed by atoms with E-state index in [2.05, 4.69) is 15.6 Å². The fourth-order valence-electron chi connectivity index (χ4n) is 2.71. The Labute approximate surface area is 154 Å². The molecule has 0 saturated carbocycles. The van der Waals surface area contributed by atoms with Crippen molar-refractivity contribution in [2.24, 2.45) is 4.99 Å². The number of hydrogen-bond donors (Lipinski definition) is 2. The lowest BCUT2D eigenvalue weighted by Gasteiger charge is -2.13. The van der Waals surface area contributed by atoms with Crippen LogP contribution in [0.25, 0.3) is 0 Å². The van der Waals surface area contributed by atoms with Gasteiger partial charge in [-0.3, -0.25) is 9.79 Å². The lowest BCUT2D eigenvalue weighted by atomic mass is 10.1. The van der Waals surface area contributed by atoms with Gasteiger partial charge in [0.2, 0.25) is 0 Å². The molecular formula is C20H27FN4O. The van der Waals surface area contributed by atoms with Crippen molar-refractivity contribution >= 4 is 5.96 Å². The number of pyridine rings is 1. The summed E-state index contributed by atoms with van der Waals surface area (Å²) < 4.78 is 14.7. The Balaban J connectivity index is 1.64. The van der Waals surface area contributed by atoms with Gasteiger partial charge < -0.3 is 15.2 Å². The maximum atomic E-state index is 12.9. The van der Waals surface area contributed by atoms with Gasteiger partial charge in [-0.25, -0.2) is 4.39 Å². The number of rotatable bonds is 8.